The third kappa shape index (κ3) is 4.13. The van der Waals surface area contributed by atoms with Crippen molar-refractivity contribution in [2.45, 2.75) is 62.5 Å². The molecule has 1 saturated heterocycles. The van der Waals surface area contributed by atoms with Gasteiger partial charge in [0.2, 0.25) is 5.66 Å². The molecule has 2 amide bonds. The second-order valence-corrected chi connectivity index (χ2v) is 10.6. The number of amides is 2. The van der Waals surface area contributed by atoms with Gasteiger partial charge in [0.15, 0.2) is 12.0 Å². The lowest BCUT2D eigenvalue weighted by molar-refractivity contribution is -0.513. The van der Waals surface area contributed by atoms with E-state index in [0.717, 1.165) is 31.2 Å². The molecule has 4 aliphatic rings. The zero-order valence-electron chi connectivity index (χ0n) is 21.6. The fourth-order valence-electron chi connectivity index (χ4n) is 6.40. The Morgan fingerprint density at radius 2 is 2.05 bits per heavy atom. The highest BCUT2D eigenvalue weighted by Crippen LogP contribution is 2.35. The third-order valence-corrected chi connectivity index (χ3v) is 8.20. The van der Waals surface area contributed by atoms with E-state index < -0.39 is 29.9 Å². The van der Waals surface area contributed by atoms with Crippen LogP contribution < -0.4 is 32.4 Å². The van der Waals surface area contributed by atoms with E-state index in [0.29, 0.717) is 11.3 Å². The molecule has 1 aliphatic carbocycles. The maximum absolute atomic E-state index is 13.4. The molecule has 204 valence electrons. The van der Waals surface area contributed by atoms with Gasteiger partial charge in [-0.1, -0.05) is 12.1 Å². The summed E-state index contributed by atoms with van der Waals surface area (Å²) in [7, 11) is 0. The second kappa shape index (κ2) is 9.49. The molecule has 1 spiro atoms. The van der Waals surface area contributed by atoms with Crippen molar-refractivity contribution < 1.29 is 19.7 Å². The highest BCUT2D eigenvalue weighted by atomic mass is 16.3. The molecule has 1 aromatic carbocycles. The van der Waals surface area contributed by atoms with Crippen molar-refractivity contribution in [2.24, 2.45) is 16.5 Å². The first-order valence-corrected chi connectivity index (χ1v) is 13.2. The van der Waals surface area contributed by atoms with Gasteiger partial charge in [0.25, 0.3) is 11.8 Å². The van der Waals surface area contributed by atoms with Crippen molar-refractivity contribution in [1.82, 2.24) is 30.8 Å². The summed E-state index contributed by atoms with van der Waals surface area (Å²) in [6, 6.07) is 5.66. The van der Waals surface area contributed by atoms with Crippen molar-refractivity contribution in [3.8, 4) is 0 Å². The van der Waals surface area contributed by atoms with Crippen LogP contribution in [0.1, 0.15) is 50.5 Å². The smallest absolute Gasteiger partial charge is 0.343 e. The molecule has 6 rings (SSSR count). The minimum atomic E-state index is -1.16. The maximum atomic E-state index is 13.4. The van der Waals surface area contributed by atoms with E-state index in [2.05, 4.69) is 42.0 Å². The Kier molecular flexibility index (Phi) is 6.09. The van der Waals surface area contributed by atoms with E-state index in [-0.39, 0.29) is 42.5 Å². The molecule has 5 atom stereocenters. The van der Waals surface area contributed by atoms with Crippen LogP contribution in [0.3, 0.4) is 0 Å². The average Bonchev–Trinajstić information content (AvgIpc) is 3.43. The summed E-state index contributed by atoms with van der Waals surface area (Å²) in [5.41, 5.74) is 15.2. The summed E-state index contributed by atoms with van der Waals surface area (Å²) >= 11 is 0. The molecule has 13 heteroatoms. The Bertz CT molecular complexity index is 1390. The van der Waals surface area contributed by atoms with Crippen molar-refractivity contribution in [1.29, 1.82) is 0 Å². The number of hydrogen-bond donors (Lipinski definition) is 7. The number of aliphatic hydroxyl groups is 1. The van der Waals surface area contributed by atoms with Gasteiger partial charge in [-0.25, -0.2) is 20.3 Å². The molecular weight excluding hydrogens is 500 g/mol. The number of aliphatic hydroxyl groups excluding tert-OH is 1. The highest BCUT2D eigenvalue weighted by Gasteiger charge is 2.68. The normalized spacial score (nSPS) is 28.8. The van der Waals surface area contributed by atoms with Crippen LogP contribution in [0.2, 0.25) is 0 Å². The SMILES string of the molecule is Cc1cc(C(=O)NC[C@@H]2N=C(N)N3CC(NC(=O)c4cccc5c4CCCC5)[C@@H](O)[C@@]34NC(N)=[NH+][C@@H]24)ncn1. The number of benzene rings is 1. The first-order chi connectivity index (χ1) is 18.8. The number of aromatic nitrogens is 2. The minimum absolute atomic E-state index is 0.116. The van der Waals surface area contributed by atoms with Crippen LogP contribution in [0.5, 0.6) is 0 Å². The van der Waals surface area contributed by atoms with E-state index in [1.165, 1.54) is 11.9 Å². The number of rotatable bonds is 5. The number of aryl methyl sites for hydroxylation is 2. The zero-order valence-corrected chi connectivity index (χ0v) is 21.6. The fourth-order valence-corrected chi connectivity index (χ4v) is 6.40. The lowest BCUT2D eigenvalue weighted by Gasteiger charge is -2.43. The quantitative estimate of drug-likeness (QED) is 0.205. The molecule has 1 aromatic heterocycles. The van der Waals surface area contributed by atoms with Crippen LogP contribution in [-0.4, -0.2) is 86.7 Å². The molecule has 4 heterocycles. The Morgan fingerprint density at radius 1 is 1.23 bits per heavy atom. The summed E-state index contributed by atoms with van der Waals surface area (Å²) in [5, 5.41) is 20.7. The lowest BCUT2D eigenvalue weighted by atomic mass is 9.87. The first-order valence-electron chi connectivity index (χ1n) is 13.2. The van der Waals surface area contributed by atoms with Gasteiger partial charge in [-0.3, -0.25) is 20.3 Å². The lowest BCUT2D eigenvalue weighted by Crippen LogP contribution is -2.88. The number of nitrogens with zero attached hydrogens (tertiary/aromatic N) is 4. The number of nitrogens with two attached hydrogens (primary N) is 2. The van der Waals surface area contributed by atoms with E-state index in [9.17, 15) is 14.7 Å². The number of carbonyl (C=O) groups is 2. The predicted octanol–water partition coefficient (Wildman–Crippen LogP) is -3.37. The number of nitrogens with one attached hydrogen (secondary N) is 4. The number of carbonyl (C=O) groups excluding carboxylic acids is 2. The van der Waals surface area contributed by atoms with Gasteiger partial charge in [-0.05, 0) is 55.9 Å². The number of hydrogen-bond acceptors (Lipinski definition) is 10. The number of aliphatic imine (C=N–C) groups is 1. The molecule has 1 unspecified atom stereocenters. The van der Waals surface area contributed by atoms with Gasteiger partial charge in [-0.2, -0.15) is 0 Å². The molecule has 1 fully saturated rings. The summed E-state index contributed by atoms with van der Waals surface area (Å²) in [5.74, 6) is -0.175. The third-order valence-electron chi connectivity index (χ3n) is 8.20. The van der Waals surface area contributed by atoms with Gasteiger partial charge in [0.05, 0.1) is 6.04 Å². The van der Waals surface area contributed by atoms with Gasteiger partial charge in [0.1, 0.15) is 24.2 Å². The summed E-state index contributed by atoms with van der Waals surface area (Å²) < 4.78 is 0. The first kappa shape index (κ1) is 25.0. The van der Waals surface area contributed by atoms with Crippen LogP contribution in [0.25, 0.3) is 0 Å². The molecule has 2 aromatic rings. The van der Waals surface area contributed by atoms with Crippen LogP contribution in [0, 0.1) is 6.92 Å². The van der Waals surface area contributed by atoms with E-state index in [4.69, 9.17) is 11.5 Å². The molecule has 0 bridgehead atoms. The molecule has 3 aliphatic heterocycles. The highest BCUT2D eigenvalue weighted by molar-refractivity contribution is 5.96. The second-order valence-electron chi connectivity index (χ2n) is 10.6. The number of guanidine groups is 2. The van der Waals surface area contributed by atoms with Crippen molar-refractivity contribution in [3.05, 3.63) is 58.7 Å². The minimum Gasteiger partial charge on any atom is -0.385 e. The van der Waals surface area contributed by atoms with E-state index >= 15 is 0 Å². The molecule has 0 radical (unpaired) electrons. The maximum Gasteiger partial charge on any atom is 0.343 e. The average molecular weight is 534 g/mol. The van der Waals surface area contributed by atoms with Crippen molar-refractivity contribution in [2.75, 3.05) is 13.1 Å². The van der Waals surface area contributed by atoms with Crippen LogP contribution in [0.15, 0.2) is 35.6 Å². The Balaban J connectivity index is 1.22. The van der Waals surface area contributed by atoms with Crippen LogP contribution in [-0.2, 0) is 12.8 Å². The van der Waals surface area contributed by atoms with Gasteiger partial charge in [-0.15, -0.1) is 0 Å². The monoisotopic (exact) mass is 533 g/mol. The predicted molar refractivity (Wildman–Crippen MR) is 141 cm³/mol. The Hall–Kier alpha value is -4.26. The molecule has 39 heavy (non-hydrogen) atoms. The van der Waals surface area contributed by atoms with Gasteiger partial charge >= 0.3 is 5.96 Å². The largest absolute Gasteiger partial charge is 0.385 e. The Morgan fingerprint density at radius 3 is 2.87 bits per heavy atom. The Labute approximate surface area is 225 Å². The van der Waals surface area contributed by atoms with E-state index in [1.54, 1.807) is 17.9 Å². The number of fused-ring (bicyclic) bond motifs is 1. The van der Waals surface area contributed by atoms with Gasteiger partial charge in [0, 0.05) is 24.3 Å². The summed E-state index contributed by atoms with van der Waals surface area (Å²) in [4.78, 5) is 43.7. The fraction of sp³-hybridized carbons (Fsp3) is 0.462. The summed E-state index contributed by atoms with van der Waals surface area (Å²) in [6.07, 6.45) is 4.25. The molecule has 0 saturated carbocycles. The van der Waals surface area contributed by atoms with Crippen LogP contribution in [0.4, 0.5) is 0 Å². The molecular formula is C26H33N10O3+. The standard InChI is InChI=1S/C26H32N10O3/c1-13-9-17(31-12-30-13)23(39)29-10-18-20-26(35-24(27)34-20)21(37)19(11-36(26)25(28)33-18)32-22(38)16-8-4-6-14-5-2-3-7-15(14)16/h4,6,8-9,12,18-21,37H,2-3,5,7,10-11H2,1H3,(H2,28,33)(H,29,39)(H,32,38)(H3,27,34,35)/p+1/t18-,19?,20-,21+,26-/m0/s1. The van der Waals surface area contributed by atoms with E-state index in [1.807, 2.05) is 12.1 Å². The van der Waals surface area contributed by atoms with Crippen molar-refractivity contribution >= 4 is 23.7 Å². The van der Waals surface area contributed by atoms with Gasteiger partial charge < -0.3 is 26.4 Å². The summed E-state index contributed by atoms with van der Waals surface area (Å²) in [6.45, 7) is 2.12. The molecule has 9 N–H and O–H groups in total. The van der Waals surface area contributed by atoms with Crippen molar-refractivity contribution in [3.63, 3.8) is 0 Å². The zero-order chi connectivity index (χ0) is 27.3. The van der Waals surface area contributed by atoms with Crippen LogP contribution >= 0.6 is 0 Å². The molecule has 13 nitrogen and oxygen atoms in total. The topological polar surface area (TPSA) is 198 Å².